The highest BCUT2D eigenvalue weighted by atomic mass is 32.2. The van der Waals surface area contributed by atoms with Crippen LogP contribution in [-0.4, -0.2) is 57.6 Å². The van der Waals surface area contributed by atoms with E-state index in [1.54, 1.807) is 44.2 Å². The van der Waals surface area contributed by atoms with Crippen molar-refractivity contribution < 1.29 is 27.5 Å². The highest BCUT2D eigenvalue weighted by Crippen LogP contribution is 2.33. The van der Waals surface area contributed by atoms with Crippen LogP contribution in [0.5, 0.6) is 0 Å². The van der Waals surface area contributed by atoms with Crippen LogP contribution in [0.1, 0.15) is 28.7 Å². The van der Waals surface area contributed by atoms with E-state index in [1.807, 2.05) is 19.9 Å². The molecule has 1 fully saturated rings. The molecule has 178 valence electrons. The van der Waals surface area contributed by atoms with Crippen molar-refractivity contribution in [3.05, 3.63) is 58.7 Å². The third kappa shape index (κ3) is 4.59. The molecule has 33 heavy (non-hydrogen) atoms. The number of methoxy groups -OCH3 is 2. The minimum absolute atomic E-state index is 0.143. The third-order valence-electron chi connectivity index (χ3n) is 6.20. The van der Waals surface area contributed by atoms with Gasteiger partial charge in [-0.25, -0.2) is 13.3 Å². The van der Waals surface area contributed by atoms with Gasteiger partial charge in [-0.3, -0.25) is 9.59 Å². The fourth-order valence-electron chi connectivity index (χ4n) is 4.16. The molecule has 1 saturated heterocycles. The van der Waals surface area contributed by atoms with Crippen LogP contribution in [-0.2, 0) is 29.1 Å². The Kier molecular flexibility index (Phi) is 7.38. The summed E-state index contributed by atoms with van der Waals surface area (Å²) in [6.45, 7) is 6.94. The van der Waals surface area contributed by atoms with E-state index >= 15 is 0 Å². The molecular weight excluding hydrogens is 444 g/mol. The maximum absolute atomic E-state index is 14.1. The lowest BCUT2D eigenvalue weighted by molar-refractivity contribution is -0.125. The lowest BCUT2D eigenvalue weighted by Gasteiger charge is -2.31. The summed E-state index contributed by atoms with van der Waals surface area (Å²) >= 11 is 0. The first-order valence-electron chi connectivity index (χ1n) is 10.6. The number of para-hydroxylation sites is 1. The van der Waals surface area contributed by atoms with Crippen molar-refractivity contribution in [2.24, 2.45) is 0 Å². The summed E-state index contributed by atoms with van der Waals surface area (Å²) < 4.78 is 39.7. The Bertz CT molecular complexity index is 1130. The maximum Gasteiger partial charge on any atom is 0.252 e. The number of hydrogen-bond acceptors (Lipinski definition) is 6. The highest BCUT2D eigenvalue weighted by molar-refractivity contribution is 7.89. The molecule has 0 spiro atoms. The van der Waals surface area contributed by atoms with E-state index in [-0.39, 0.29) is 17.9 Å². The zero-order chi connectivity index (χ0) is 24.5. The minimum Gasteiger partial charge on any atom is -0.354 e. The van der Waals surface area contributed by atoms with Crippen LogP contribution in [0, 0.1) is 27.7 Å². The lowest BCUT2D eigenvalue weighted by Crippen LogP contribution is -2.49. The first-order chi connectivity index (χ1) is 15.5. The molecule has 0 saturated carbocycles. The van der Waals surface area contributed by atoms with E-state index in [0.29, 0.717) is 16.8 Å². The van der Waals surface area contributed by atoms with E-state index in [0.717, 1.165) is 20.3 Å². The Morgan fingerprint density at radius 1 is 1.00 bits per heavy atom. The normalized spacial score (nSPS) is 17.0. The number of aryl methyl sites for hydroxylation is 2. The largest absolute Gasteiger partial charge is 0.354 e. The Morgan fingerprint density at radius 2 is 1.55 bits per heavy atom. The molecule has 0 bridgehead atoms. The molecule has 9 heteroatoms. The van der Waals surface area contributed by atoms with Crippen LogP contribution < -0.4 is 4.90 Å². The molecule has 1 aliphatic heterocycles. The number of carbonyl (C=O) groups excluding carboxylic acids is 2. The van der Waals surface area contributed by atoms with Gasteiger partial charge < -0.3 is 9.47 Å². The zero-order valence-electron chi connectivity index (χ0n) is 19.8. The second kappa shape index (κ2) is 9.72. The van der Waals surface area contributed by atoms with Gasteiger partial charge in [0.25, 0.3) is 5.91 Å². The summed E-state index contributed by atoms with van der Waals surface area (Å²) in [7, 11) is -1.41. The molecule has 2 amide bonds. The third-order valence-corrected chi connectivity index (χ3v) is 8.35. The van der Waals surface area contributed by atoms with Crippen molar-refractivity contribution in [1.82, 2.24) is 4.31 Å². The summed E-state index contributed by atoms with van der Waals surface area (Å²) in [5, 5.41) is 0. The summed E-state index contributed by atoms with van der Waals surface area (Å²) in [5.74, 6) is -1.06. The second-order valence-electron chi connectivity index (χ2n) is 8.19. The van der Waals surface area contributed by atoms with E-state index in [1.165, 1.54) is 14.2 Å². The number of ether oxygens (including phenoxy) is 2. The standard InChI is InChI=1S/C24H30N2O6S/c1-15-12-16(2)18(4)23(17(15)3)33(29,30)25(14-22(31-5)32-6)20-13-21(27)26(24(20)28)19-10-8-7-9-11-19/h7-12,20,22H,13-14H2,1-6H3. The highest BCUT2D eigenvalue weighted by Gasteiger charge is 2.48. The van der Waals surface area contributed by atoms with Crippen molar-refractivity contribution in [3.63, 3.8) is 0 Å². The van der Waals surface area contributed by atoms with Gasteiger partial charge in [0.05, 0.1) is 23.5 Å². The molecular formula is C24H30N2O6S. The summed E-state index contributed by atoms with van der Waals surface area (Å²) in [5.41, 5.74) is 3.26. The van der Waals surface area contributed by atoms with Crippen LogP contribution >= 0.6 is 0 Å². The molecule has 2 aromatic carbocycles. The molecule has 3 rings (SSSR count). The van der Waals surface area contributed by atoms with Crippen LogP contribution in [0.3, 0.4) is 0 Å². The van der Waals surface area contributed by atoms with Gasteiger partial charge in [-0.15, -0.1) is 0 Å². The number of amides is 2. The average Bonchev–Trinajstić information content (AvgIpc) is 3.07. The van der Waals surface area contributed by atoms with Crippen molar-refractivity contribution in [2.45, 2.75) is 51.3 Å². The number of carbonyl (C=O) groups is 2. The van der Waals surface area contributed by atoms with E-state index < -0.39 is 34.2 Å². The predicted octanol–water partition coefficient (Wildman–Crippen LogP) is 2.86. The Labute approximate surface area is 195 Å². The van der Waals surface area contributed by atoms with Crippen LogP contribution in [0.15, 0.2) is 41.3 Å². The fraction of sp³-hybridized carbons (Fsp3) is 0.417. The molecule has 1 aliphatic rings. The van der Waals surface area contributed by atoms with Crippen LogP contribution in [0.2, 0.25) is 0 Å². The smallest absolute Gasteiger partial charge is 0.252 e. The first kappa shape index (κ1) is 25.0. The molecule has 1 atom stereocenters. The van der Waals surface area contributed by atoms with E-state index in [2.05, 4.69) is 0 Å². The van der Waals surface area contributed by atoms with Gasteiger partial charge in [0.2, 0.25) is 15.9 Å². The monoisotopic (exact) mass is 474 g/mol. The molecule has 0 radical (unpaired) electrons. The summed E-state index contributed by atoms with van der Waals surface area (Å²) in [6, 6.07) is 9.20. The number of hydrogen-bond donors (Lipinski definition) is 0. The average molecular weight is 475 g/mol. The van der Waals surface area contributed by atoms with Gasteiger partial charge in [-0.2, -0.15) is 4.31 Å². The van der Waals surface area contributed by atoms with Crippen LogP contribution in [0.4, 0.5) is 5.69 Å². The number of sulfonamides is 1. The lowest BCUT2D eigenvalue weighted by atomic mass is 10.0. The van der Waals surface area contributed by atoms with Crippen molar-refractivity contribution in [1.29, 1.82) is 0 Å². The van der Waals surface area contributed by atoms with Gasteiger partial charge in [0.1, 0.15) is 6.04 Å². The Balaban J connectivity index is 2.14. The molecule has 1 unspecified atom stereocenters. The second-order valence-corrected chi connectivity index (χ2v) is 10.0. The molecule has 1 heterocycles. The van der Waals surface area contributed by atoms with Gasteiger partial charge in [-0.1, -0.05) is 24.3 Å². The number of benzene rings is 2. The van der Waals surface area contributed by atoms with E-state index in [9.17, 15) is 18.0 Å². The Hall–Kier alpha value is -2.59. The van der Waals surface area contributed by atoms with Gasteiger partial charge in [-0.05, 0) is 62.1 Å². The van der Waals surface area contributed by atoms with Crippen molar-refractivity contribution in [2.75, 3.05) is 25.7 Å². The topological polar surface area (TPSA) is 93.2 Å². The molecule has 8 nitrogen and oxygen atoms in total. The Morgan fingerprint density at radius 3 is 2.06 bits per heavy atom. The van der Waals surface area contributed by atoms with E-state index in [4.69, 9.17) is 9.47 Å². The summed E-state index contributed by atoms with van der Waals surface area (Å²) in [4.78, 5) is 27.5. The minimum atomic E-state index is -4.19. The molecule has 2 aromatic rings. The quantitative estimate of drug-likeness (QED) is 0.431. The zero-order valence-corrected chi connectivity index (χ0v) is 20.6. The van der Waals surface area contributed by atoms with Crippen LogP contribution in [0.25, 0.3) is 0 Å². The molecule has 0 aromatic heterocycles. The number of imide groups is 1. The number of nitrogens with zero attached hydrogens (tertiary/aromatic N) is 2. The maximum atomic E-state index is 14.1. The first-order valence-corrected chi connectivity index (χ1v) is 12.0. The number of rotatable bonds is 8. The SMILES string of the molecule is COC(CN(C1CC(=O)N(c2ccccc2)C1=O)S(=O)(=O)c1c(C)c(C)cc(C)c1C)OC. The van der Waals surface area contributed by atoms with Crippen molar-refractivity contribution >= 4 is 27.5 Å². The van der Waals surface area contributed by atoms with Gasteiger partial charge in [0, 0.05) is 14.2 Å². The molecule has 0 N–H and O–H groups in total. The number of anilines is 1. The molecule has 0 aliphatic carbocycles. The van der Waals surface area contributed by atoms with Crippen molar-refractivity contribution in [3.8, 4) is 0 Å². The van der Waals surface area contributed by atoms with Gasteiger partial charge >= 0.3 is 0 Å². The van der Waals surface area contributed by atoms with Gasteiger partial charge in [0.15, 0.2) is 6.29 Å². The predicted molar refractivity (Wildman–Crippen MR) is 124 cm³/mol. The fourth-order valence-corrected chi connectivity index (χ4v) is 6.31. The summed E-state index contributed by atoms with van der Waals surface area (Å²) in [6.07, 6.45) is -1.18.